The summed E-state index contributed by atoms with van der Waals surface area (Å²) in [5.74, 6) is -0.286. The van der Waals surface area contributed by atoms with E-state index in [0.29, 0.717) is 29.8 Å². The van der Waals surface area contributed by atoms with Crippen LogP contribution >= 0.6 is 0 Å². The number of benzene rings is 1. The molecule has 2 saturated heterocycles. The Morgan fingerprint density at radius 3 is 2.63 bits per heavy atom. The number of aliphatic hydroxyl groups is 1. The lowest BCUT2D eigenvalue weighted by Crippen LogP contribution is -2.52. The van der Waals surface area contributed by atoms with E-state index >= 15 is 0 Å². The normalized spacial score (nSPS) is 24.6. The van der Waals surface area contributed by atoms with E-state index in [1.807, 2.05) is 4.90 Å². The van der Waals surface area contributed by atoms with E-state index in [2.05, 4.69) is 26.8 Å². The Kier molecular flexibility index (Phi) is 4.58. The molecule has 3 heterocycles. The number of hydrogen-bond acceptors (Lipinski definition) is 8. The zero-order chi connectivity index (χ0) is 19.1. The van der Waals surface area contributed by atoms with Gasteiger partial charge in [-0.05, 0) is 25.2 Å². The maximum absolute atomic E-state index is 11.4. The number of anilines is 2. The second-order valence-corrected chi connectivity index (χ2v) is 7.32. The molecule has 0 saturated carbocycles. The van der Waals surface area contributed by atoms with Gasteiger partial charge in [0.1, 0.15) is 5.82 Å². The third-order valence-electron chi connectivity index (χ3n) is 5.51. The quantitative estimate of drug-likeness (QED) is 0.667. The van der Waals surface area contributed by atoms with Gasteiger partial charge in [-0.15, -0.1) is 0 Å². The molecule has 2 aromatic rings. The number of hydrogen-bond donors (Lipinski definition) is 3. The van der Waals surface area contributed by atoms with Crippen LogP contribution in [0.3, 0.4) is 0 Å². The van der Waals surface area contributed by atoms with Gasteiger partial charge < -0.3 is 25.7 Å². The molecule has 2 atom stereocenters. The number of aromatic nitrogens is 2. The maximum Gasteiger partial charge on any atom is 0.335 e. The summed E-state index contributed by atoms with van der Waals surface area (Å²) in [5.41, 5.74) is 6.64. The Morgan fingerprint density at radius 2 is 1.93 bits per heavy atom. The van der Waals surface area contributed by atoms with E-state index in [4.69, 9.17) is 5.73 Å². The van der Waals surface area contributed by atoms with Crippen LogP contribution in [0.15, 0.2) is 18.2 Å². The number of rotatable bonds is 3. The van der Waals surface area contributed by atoms with Gasteiger partial charge >= 0.3 is 5.97 Å². The summed E-state index contributed by atoms with van der Waals surface area (Å²) >= 11 is 0. The highest BCUT2D eigenvalue weighted by atomic mass is 16.4. The molecule has 2 aliphatic heterocycles. The number of nitrogens with zero attached hydrogens (tertiary/aromatic N) is 5. The van der Waals surface area contributed by atoms with Crippen molar-refractivity contribution in [3.05, 3.63) is 23.8 Å². The predicted octanol–water partition coefficient (Wildman–Crippen LogP) is -0.293. The fourth-order valence-corrected chi connectivity index (χ4v) is 3.96. The summed E-state index contributed by atoms with van der Waals surface area (Å²) in [5, 5.41) is 20.6. The van der Waals surface area contributed by atoms with Crippen molar-refractivity contribution in [2.45, 2.75) is 12.1 Å². The Balaban J connectivity index is 1.65. The number of nitrogens with two attached hydrogens (primary N) is 1. The highest BCUT2D eigenvalue weighted by Gasteiger charge is 2.37. The fourth-order valence-electron chi connectivity index (χ4n) is 3.96. The zero-order valence-electron chi connectivity index (χ0n) is 15.2. The largest absolute Gasteiger partial charge is 0.478 e. The minimum absolute atomic E-state index is 0.0209. The van der Waals surface area contributed by atoms with E-state index < -0.39 is 12.1 Å². The monoisotopic (exact) mass is 372 g/mol. The molecule has 1 aromatic heterocycles. The van der Waals surface area contributed by atoms with Gasteiger partial charge in [0.25, 0.3) is 0 Å². The van der Waals surface area contributed by atoms with Gasteiger partial charge in [-0.1, -0.05) is 0 Å². The molecule has 1 aromatic carbocycles. The molecule has 4 N–H and O–H groups in total. The van der Waals surface area contributed by atoms with Crippen LogP contribution in [0.2, 0.25) is 0 Å². The van der Waals surface area contributed by atoms with Crippen molar-refractivity contribution in [2.75, 3.05) is 56.9 Å². The molecule has 0 spiro atoms. The number of carboxylic acid groups (broad SMARTS) is 1. The number of fused-ring (bicyclic) bond motifs is 1. The molecular weight excluding hydrogens is 348 g/mol. The van der Waals surface area contributed by atoms with Crippen LogP contribution in [0.5, 0.6) is 0 Å². The summed E-state index contributed by atoms with van der Waals surface area (Å²) in [7, 11) is 2.10. The van der Waals surface area contributed by atoms with Gasteiger partial charge in [-0.2, -0.15) is 4.98 Å². The minimum Gasteiger partial charge on any atom is -0.478 e. The number of carbonyl (C=O) groups is 1. The number of carboxylic acids is 1. The van der Waals surface area contributed by atoms with Crippen molar-refractivity contribution in [3.63, 3.8) is 0 Å². The summed E-state index contributed by atoms with van der Waals surface area (Å²) in [6.07, 6.45) is -0.498. The van der Waals surface area contributed by atoms with Gasteiger partial charge in [0.2, 0.25) is 5.95 Å². The molecule has 144 valence electrons. The molecule has 0 radical (unpaired) electrons. The SMILES string of the molecule is CN1CCN([C@H]2CN(c3nc(N)nc4ccc(C(=O)O)cc34)C[C@@H]2O)CC1. The van der Waals surface area contributed by atoms with Crippen LogP contribution in [0.4, 0.5) is 11.8 Å². The molecule has 2 aliphatic rings. The summed E-state index contributed by atoms with van der Waals surface area (Å²) in [6.45, 7) is 4.85. The molecule has 9 nitrogen and oxygen atoms in total. The summed E-state index contributed by atoms with van der Waals surface area (Å²) < 4.78 is 0. The third kappa shape index (κ3) is 3.41. The standard InChI is InChI=1S/C18H24N6O3/c1-22-4-6-23(7-5-22)14-9-24(10-15(14)25)16-12-8-11(17(26)27)2-3-13(12)20-18(19)21-16/h2-3,8,14-15,25H,4-7,9-10H2,1H3,(H,26,27)(H2,19,20,21)/t14-,15-/m0/s1. The van der Waals surface area contributed by atoms with E-state index in [9.17, 15) is 15.0 Å². The molecule has 4 rings (SSSR count). The lowest BCUT2D eigenvalue weighted by atomic mass is 10.1. The Hall–Kier alpha value is -2.49. The molecule has 0 bridgehead atoms. The average Bonchev–Trinajstić information content (AvgIpc) is 3.02. The van der Waals surface area contributed by atoms with Crippen molar-refractivity contribution < 1.29 is 15.0 Å². The van der Waals surface area contributed by atoms with Gasteiger partial charge in [-0.25, -0.2) is 9.78 Å². The molecule has 0 amide bonds. The number of nitrogen functional groups attached to an aromatic ring is 1. The number of aliphatic hydroxyl groups excluding tert-OH is 1. The number of likely N-dealkylation sites (N-methyl/N-ethyl adjacent to an activating group) is 1. The maximum atomic E-state index is 11.4. The minimum atomic E-state index is -1.00. The van der Waals surface area contributed by atoms with Gasteiger partial charge in [0.05, 0.1) is 23.2 Å². The van der Waals surface area contributed by atoms with Gasteiger partial charge in [-0.3, -0.25) is 4.90 Å². The fraction of sp³-hybridized carbons (Fsp3) is 0.500. The van der Waals surface area contributed by atoms with Crippen molar-refractivity contribution in [1.82, 2.24) is 19.8 Å². The molecule has 2 fully saturated rings. The summed E-state index contributed by atoms with van der Waals surface area (Å²) in [4.78, 5) is 26.5. The first-order valence-electron chi connectivity index (χ1n) is 9.08. The first-order valence-corrected chi connectivity index (χ1v) is 9.08. The Labute approximate surface area is 157 Å². The predicted molar refractivity (Wildman–Crippen MR) is 102 cm³/mol. The van der Waals surface area contributed by atoms with E-state index in [1.165, 1.54) is 6.07 Å². The number of piperazine rings is 1. The van der Waals surface area contributed by atoms with Gasteiger partial charge in [0.15, 0.2) is 0 Å². The highest BCUT2D eigenvalue weighted by Crippen LogP contribution is 2.30. The van der Waals surface area contributed by atoms with Crippen LogP contribution in [0, 0.1) is 0 Å². The molecule has 9 heteroatoms. The van der Waals surface area contributed by atoms with Crippen molar-refractivity contribution >= 4 is 28.6 Å². The molecule has 0 unspecified atom stereocenters. The van der Waals surface area contributed by atoms with Crippen LogP contribution in [-0.4, -0.2) is 94.4 Å². The lowest BCUT2D eigenvalue weighted by Gasteiger charge is -2.37. The number of β-amino-alcohol motifs (C(OH)–C–C–N with tert-alkyl or cyclic N) is 1. The van der Waals surface area contributed by atoms with Crippen LogP contribution in [0.25, 0.3) is 10.9 Å². The first kappa shape index (κ1) is 17.9. The molecule has 27 heavy (non-hydrogen) atoms. The van der Waals surface area contributed by atoms with Crippen LogP contribution in [0.1, 0.15) is 10.4 Å². The second kappa shape index (κ2) is 6.91. The first-order chi connectivity index (χ1) is 12.9. The number of aromatic carboxylic acids is 1. The van der Waals surface area contributed by atoms with E-state index in [-0.39, 0.29) is 17.6 Å². The second-order valence-electron chi connectivity index (χ2n) is 7.32. The van der Waals surface area contributed by atoms with Crippen molar-refractivity contribution in [1.29, 1.82) is 0 Å². The van der Waals surface area contributed by atoms with Crippen molar-refractivity contribution in [2.24, 2.45) is 0 Å². The lowest BCUT2D eigenvalue weighted by molar-refractivity contribution is 0.0512. The highest BCUT2D eigenvalue weighted by molar-refractivity contribution is 5.97. The summed E-state index contributed by atoms with van der Waals surface area (Å²) in [6, 6.07) is 4.74. The van der Waals surface area contributed by atoms with E-state index in [1.54, 1.807) is 12.1 Å². The van der Waals surface area contributed by atoms with Crippen LogP contribution in [-0.2, 0) is 0 Å². The van der Waals surface area contributed by atoms with E-state index in [0.717, 1.165) is 26.2 Å². The Morgan fingerprint density at radius 1 is 1.19 bits per heavy atom. The smallest absolute Gasteiger partial charge is 0.335 e. The Bertz CT molecular complexity index is 868. The molecule has 0 aliphatic carbocycles. The topological polar surface area (TPSA) is 119 Å². The van der Waals surface area contributed by atoms with Crippen molar-refractivity contribution in [3.8, 4) is 0 Å². The van der Waals surface area contributed by atoms with Crippen LogP contribution < -0.4 is 10.6 Å². The molecular formula is C18H24N6O3. The third-order valence-corrected chi connectivity index (χ3v) is 5.51. The zero-order valence-corrected chi connectivity index (χ0v) is 15.2. The average molecular weight is 372 g/mol. The van der Waals surface area contributed by atoms with Gasteiger partial charge in [0, 0.05) is 44.7 Å².